The second kappa shape index (κ2) is 9.09. The monoisotopic (exact) mass is 402 g/mol. The summed E-state index contributed by atoms with van der Waals surface area (Å²) in [6.07, 6.45) is 9.58. The number of furan rings is 1. The van der Waals surface area contributed by atoms with Crippen LogP contribution in [0.2, 0.25) is 0 Å². The summed E-state index contributed by atoms with van der Waals surface area (Å²) in [5, 5.41) is 3.72. The van der Waals surface area contributed by atoms with Gasteiger partial charge in [0.05, 0.1) is 12.9 Å². The number of aliphatic imine (C=N–C) groups is 1. The summed E-state index contributed by atoms with van der Waals surface area (Å²) in [7, 11) is 0. The van der Waals surface area contributed by atoms with Crippen LogP contribution in [0.1, 0.15) is 51.2 Å². The lowest BCUT2D eigenvalue weighted by atomic mass is 9.68. The molecule has 1 saturated carbocycles. The largest absolute Gasteiger partial charge is 0.469 e. The highest BCUT2D eigenvalue weighted by atomic mass is 16.6. The lowest BCUT2D eigenvalue weighted by Crippen LogP contribution is -2.51. The van der Waals surface area contributed by atoms with Crippen molar-refractivity contribution in [3.8, 4) is 0 Å². The van der Waals surface area contributed by atoms with E-state index in [4.69, 9.17) is 14.1 Å². The average molecular weight is 403 g/mol. The summed E-state index contributed by atoms with van der Waals surface area (Å²) in [4.78, 5) is 21.2. The van der Waals surface area contributed by atoms with Gasteiger partial charge in [-0.3, -0.25) is 4.99 Å². The van der Waals surface area contributed by atoms with Gasteiger partial charge in [0.15, 0.2) is 5.96 Å². The molecule has 7 nitrogen and oxygen atoms in total. The molecule has 3 fully saturated rings. The summed E-state index contributed by atoms with van der Waals surface area (Å²) in [6.45, 7) is 6.69. The molecule has 0 bridgehead atoms. The lowest BCUT2D eigenvalue weighted by Gasteiger charge is -2.39. The van der Waals surface area contributed by atoms with Crippen LogP contribution in [0.3, 0.4) is 0 Å². The summed E-state index contributed by atoms with van der Waals surface area (Å²) in [5.41, 5.74) is 0.538. The Balaban J connectivity index is 1.34. The number of rotatable bonds is 5. The predicted molar refractivity (Wildman–Crippen MR) is 112 cm³/mol. The molecule has 0 atom stereocenters. The summed E-state index contributed by atoms with van der Waals surface area (Å²) in [5.74, 6) is 2.02. The van der Waals surface area contributed by atoms with Gasteiger partial charge in [0.25, 0.3) is 0 Å². The average Bonchev–Trinajstić information content (AvgIpc) is 3.38. The van der Waals surface area contributed by atoms with E-state index in [0.717, 1.165) is 63.7 Å². The molecule has 1 aliphatic carbocycles. The van der Waals surface area contributed by atoms with E-state index in [1.807, 2.05) is 24.0 Å². The molecule has 1 aromatic heterocycles. The number of nitrogens with zero attached hydrogens (tertiary/aromatic N) is 3. The summed E-state index contributed by atoms with van der Waals surface area (Å²) >= 11 is 0. The fourth-order valence-electron chi connectivity index (χ4n) is 4.77. The third kappa shape index (κ3) is 4.87. The van der Waals surface area contributed by atoms with E-state index in [1.165, 1.54) is 25.7 Å². The first kappa shape index (κ1) is 20.1. The van der Waals surface area contributed by atoms with Crippen molar-refractivity contribution in [3.05, 3.63) is 24.2 Å². The molecule has 4 rings (SSSR count). The first-order valence-corrected chi connectivity index (χ1v) is 11.2. The molecule has 0 aromatic carbocycles. The number of carbonyl (C=O) groups excluding carboxylic acids is 1. The summed E-state index contributed by atoms with van der Waals surface area (Å²) in [6, 6.07) is 4.28. The van der Waals surface area contributed by atoms with Crippen LogP contribution in [-0.4, -0.2) is 67.2 Å². The fourth-order valence-corrected chi connectivity index (χ4v) is 4.77. The van der Waals surface area contributed by atoms with E-state index in [1.54, 1.807) is 6.26 Å². The van der Waals surface area contributed by atoms with Gasteiger partial charge in [-0.2, -0.15) is 0 Å². The van der Waals surface area contributed by atoms with Crippen LogP contribution in [-0.2, 0) is 11.2 Å². The van der Waals surface area contributed by atoms with E-state index in [0.29, 0.717) is 18.1 Å². The van der Waals surface area contributed by atoms with Crippen LogP contribution in [0.4, 0.5) is 4.79 Å². The maximum atomic E-state index is 11.9. The Morgan fingerprint density at radius 3 is 2.72 bits per heavy atom. The zero-order chi connectivity index (χ0) is 20.1. The molecule has 3 aliphatic rings. The van der Waals surface area contributed by atoms with E-state index in [9.17, 15) is 4.79 Å². The maximum absolute atomic E-state index is 11.9. The molecule has 1 aromatic rings. The number of carbonyl (C=O) groups is 1. The molecule has 1 amide bonds. The molecule has 160 valence electrons. The zero-order valence-corrected chi connectivity index (χ0v) is 17.6. The topological polar surface area (TPSA) is 70.3 Å². The Labute approximate surface area is 173 Å². The second-order valence-corrected chi connectivity index (χ2v) is 8.66. The third-order valence-corrected chi connectivity index (χ3v) is 6.71. The molecular formula is C22H34N4O3. The van der Waals surface area contributed by atoms with Gasteiger partial charge in [-0.05, 0) is 56.6 Å². The second-order valence-electron chi connectivity index (χ2n) is 8.66. The third-order valence-electron chi connectivity index (χ3n) is 6.71. The Bertz CT molecular complexity index is 691. The number of hydrogen-bond acceptors (Lipinski definition) is 4. The minimum Gasteiger partial charge on any atom is -0.469 e. The van der Waals surface area contributed by atoms with Crippen LogP contribution < -0.4 is 5.32 Å². The van der Waals surface area contributed by atoms with E-state index < -0.39 is 0 Å². The fraction of sp³-hybridized carbons (Fsp3) is 0.727. The van der Waals surface area contributed by atoms with Gasteiger partial charge in [0.1, 0.15) is 5.76 Å². The highest BCUT2D eigenvalue weighted by Gasteiger charge is 2.43. The molecule has 29 heavy (non-hydrogen) atoms. The van der Waals surface area contributed by atoms with E-state index >= 15 is 0 Å². The number of guanidine groups is 1. The van der Waals surface area contributed by atoms with E-state index in [2.05, 4.69) is 10.2 Å². The van der Waals surface area contributed by atoms with Crippen molar-refractivity contribution >= 4 is 12.1 Å². The number of ether oxygens (including phenoxy) is 1. The van der Waals surface area contributed by atoms with Gasteiger partial charge in [0.2, 0.25) is 0 Å². The first-order chi connectivity index (χ1) is 14.2. The molecule has 2 aliphatic heterocycles. The van der Waals surface area contributed by atoms with Crippen LogP contribution >= 0.6 is 0 Å². The Morgan fingerprint density at radius 2 is 2.10 bits per heavy atom. The highest BCUT2D eigenvalue weighted by molar-refractivity contribution is 5.80. The standard InChI is InChI=1S/C22H34N4O3/c1-2-28-21(27)25-13-7-18(8-14-25)24-20(23-12-6-19-5-3-16-29-19)26-15-11-22(17-26)9-4-10-22/h3,5,16,18H,2,4,6-15,17H2,1H3,(H,23,24). The minimum atomic E-state index is -0.190. The van der Waals surface area contributed by atoms with Gasteiger partial charge in [-0.1, -0.05) is 6.42 Å². The molecule has 0 unspecified atom stereocenters. The number of amides is 1. The zero-order valence-electron chi connectivity index (χ0n) is 17.6. The quantitative estimate of drug-likeness (QED) is 0.605. The number of likely N-dealkylation sites (tertiary alicyclic amines) is 2. The van der Waals surface area contributed by atoms with Gasteiger partial charge in [-0.15, -0.1) is 0 Å². The normalized spacial score (nSPS) is 22.0. The van der Waals surface area contributed by atoms with Crippen molar-refractivity contribution in [3.63, 3.8) is 0 Å². The van der Waals surface area contributed by atoms with Crippen LogP contribution in [0.5, 0.6) is 0 Å². The molecule has 7 heteroatoms. The van der Waals surface area contributed by atoms with Crippen molar-refractivity contribution in [2.24, 2.45) is 10.4 Å². The van der Waals surface area contributed by atoms with Crippen LogP contribution in [0, 0.1) is 5.41 Å². The Morgan fingerprint density at radius 1 is 1.28 bits per heavy atom. The predicted octanol–water partition coefficient (Wildman–Crippen LogP) is 3.26. The molecule has 1 N–H and O–H groups in total. The van der Waals surface area contributed by atoms with Crippen LogP contribution in [0.15, 0.2) is 27.8 Å². The molecule has 0 radical (unpaired) electrons. The molecule has 1 spiro atoms. The smallest absolute Gasteiger partial charge is 0.409 e. The molecule has 2 saturated heterocycles. The van der Waals surface area contributed by atoms with Crippen molar-refractivity contribution < 1.29 is 13.9 Å². The molecule has 3 heterocycles. The summed E-state index contributed by atoms with van der Waals surface area (Å²) < 4.78 is 10.6. The Hall–Kier alpha value is -2.18. The van der Waals surface area contributed by atoms with Crippen LogP contribution in [0.25, 0.3) is 0 Å². The maximum Gasteiger partial charge on any atom is 0.409 e. The van der Waals surface area contributed by atoms with Crippen molar-refractivity contribution in [2.75, 3.05) is 39.3 Å². The Kier molecular flexibility index (Phi) is 6.31. The SMILES string of the molecule is CCOC(=O)N1CCC(NC(=NCCc2ccco2)N2CCC3(CCC3)C2)CC1. The van der Waals surface area contributed by atoms with Crippen molar-refractivity contribution in [1.82, 2.24) is 15.1 Å². The lowest BCUT2D eigenvalue weighted by molar-refractivity contribution is 0.0960. The number of hydrogen-bond donors (Lipinski definition) is 1. The minimum absolute atomic E-state index is 0.190. The van der Waals surface area contributed by atoms with E-state index in [-0.39, 0.29) is 6.09 Å². The van der Waals surface area contributed by atoms with Crippen molar-refractivity contribution in [1.29, 1.82) is 0 Å². The number of piperidine rings is 1. The van der Waals surface area contributed by atoms with Crippen molar-refractivity contribution in [2.45, 2.75) is 57.9 Å². The van der Waals surface area contributed by atoms with Gasteiger partial charge >= 0.3 is 6.09 Å². The highest BCUT2D eigenvalue weighted by Crippen LogP contribution is 2.47. The van der Waals surface area contributed by atoms with Gasteiger partial charge < -0.3 is 24.3 Å². The van der Waals surface area contributed by atoms with Gasteiger partial charge in [0, 0.05) is 45.2 Å². The first-order valence-electron chi connectivity index (χ1n) is 11.2. The molecular weight excluding hydrogens is 368 g/mol. The number of nitrogens with one attached hydrogen (secondary N) is 1. The van der Waals surface area contributed by atoms with Gasteiger partial charge in [-0.25, -0.2) is 4.79 Å².